The van der Waals surface area contributed by atoms with Gasteiger partial charge in [0.15, 0.2) is 5.78 Å². The number of fused-ring (bicyclic) bond motifs is 3. The number of rotatable bonds is 0. The molecule has 3 aliphatic rings. The normalized spacial score (nSPS) is 49.3. The van der Waals surface area contributed by atoms with E-state index in [9.17, 15) is 9.59 Å². The van der Waals surface area contributed by atoms with Gasteiger partial charge in [-0.05, 0) is 34.2 Å². The summed E-state index contributed by atoms with van der Waals surface area (Å²) in [7, 11) is 0. The lowest BCUT2D eigenvalue weighted by atomic mass is 9.55. The fraction of sp³-hybridized carbons (Fsp3) is 0.733. The van der Waals surface area contributed by atoms with Gasteiger partial charge in [-0.25, -0.2) is 0 Å². The molecular formula is C15H19BrO3. The molecule has 1 aliphatic heterocycles. The average molecular weight is 327 g/mol. The van der Waals surface area contributed by atoms with Gasteiger partial charge in [0.2, 0.25) is 0 Å². The minimum atomic E-state index is -0.0903. The van der Waals surface area contributed by atoms with Crippen molar-refractivity contribution in [2.75, 3.05) is 0 Å². The molecule has 1 saturated carbocycles. The minimum Gasteiger partial charge on any atom is -0.461 e. The topological polar surface area (TPSA) is 43.4 Å². The van der Waals surface area contributed by atoms with Crippen LogP contribution in [-0.4, -0.2) is 17.9 Å². The van der Waals surface area contributed by atoms with Gasteiger partial charge in [-0.2, -0.15) is 0 Å². The molecule has 0 radical (unpaired) electrons. The third-order valence-corrected chi connectivity index (χ3v) is 6.08. The Kier molecular flexibility index (Phi) is 2.93. The Bertz CT molecular complexity index is 484. The van der Waals surface area contributed by atoms with Crippen LogP contribution in [0.3, 0.4) is 0 Å². The standard InChI is InChI=1S/C15H19BrO3/c1-7-9-4-5-15(3)6-10(16)12(17)8(2)11(15)13(9)19-14(7)18/h6-9,11,13H,4-5H2,1-3H3/t7-,8-,9-,11+,13+,15-/m0/s1. The minimum absolute atomic E-state index is 0.0220. The highest BCUT2D eigenvalue weighted by Crippen LogP contribution is 2.56. The zero-order valence-corrected chi connectivity index (χ0v) is 13.1. The Morgan fingerprint density at radius 3 is 2.68 bits per heavy atom. The molecule has 0 spiro atoms. The van der Waals surface area contributed by atoms with Crippen molar-refractivity contribution >= 4 is 27.7 Å². The number of Topliss-reactive ketones (excluding diaryl/α,β-unsaturated/α-hetero) is 1. The summed E-state index contributed by atoms with van der Waals surface area (Å²) < 4.78 is 6.32. The van der Waals surface area contributed by atoms with E-state index in [0.717, 1.165) is 12.8 Å². The molecule has 3 rings (SSSR count). The molecule has 0 aromatic carbocycles. The predicted octanol–water partition coefficient (Wildman–Crippen LogP) is 3.08. The molecule has 0 bridgehead atoms. The maximum atomic E-state index is 12.2. The van der Waals surface area contributed by atoms with Crippen molar-refractivity contribution in [1.82, 2.24) is 0 Å². The molecule has 1 saturated heterocycles. The Hall–Kier alpha value is -0.640. The number of hydrogen-bond donors (Lipinski definition) is 0. The van der Waals surface area contributed by atoms with Crippen molar-refractivity contribution < 1.29 is 14.3 Å². The van der Waals surface area contributed by atoms with E-state index in [-0.39, 0.29) is 46.9 Å². The monoisotopic (exact) mass is 326 g/mol. The van der Waals surface area contributed by atoms with E-state index in [1.54, 1.807) is 0 Å². The summed E-state index contributed by atoms with van der Waals surface area (Å²) in [5.74, 6) is 0.341. The summed E-state index contributed by atoms with van der Waals surface area (Å²) in [4.78, 5) is 24.1. The molecule has 0 amide bonds. The van der Waals surface area contributed by atoms with Crippen molar-refractivity contribution in [3.8, 4) is 0 Å². The lowest BCUT2D eigenvalue weighted by Gasteiger charge is -2.49. The van der Waals surface area contributed by atoms with Crippen LogP contribution in [0.4, 0.5) is 0 Å². The van der Waals surface area contributed by atoms with Gasteiger partial charge in [-0.15, -0.1) is 0 Å². The summed E-state index contributed by atoms with van der Waals surface area (Å²) in [5, 5.41) is 0. The third-order valence-electron chi connectivity index (χ3n) is 5.46. The van der Waals surface area contributed by atoms with Crippen molar-refractivity contribution in [1.29, 1.82) is 0 Å². The van der Waals surface area contributed by atoms with E-state index in [4.69, 9.17) is 4.74 Å². The lowest BCUT2D eigenvalue weighted by Crippen LogP contribution is -2.50. The van der Waals surface area contributed by atoms with Crippen LogP contribution in [0, 0.1) is 29.1 Å². The second kappa shape index (κ2) is 4.18. The number of ether oxygens (including phenoxy) is 1. The smallest absolute Gasteiger partial charge is 0.309 e. The fourth-order valence-electron chi connectivity index (χ4n) is 4.33. The van der Waals surface area contributed by atoms with Gasteiger partial charge >= 0.3 is 5.97 Å². The first kappa shape index (κ1) is 13.3. The first-order valence-corrected chi connectivity index (χ1v) is 7.77. The molecule has 19 heavy (non-hydrogen) atoms. The van der Waals surface area contributed by atoms with E-state index in [2.05, 4.69) is 22.9 Å². The van der Waals surface area contributed by atoms with Gasteiger partial charge in [0.25, 0.3) is 0 Å². The van der Waals surface area contributed by atoms with Crippen molar-refractivity contribution in [2.45, 2.75) is 39.7 Å². The van der Waals surface area contributed by atoms with Crippen LogP contribution in [0.25, 0.3) is 0 Å². The molecular weight excluding hydrogens is 308 g/mol. The largest absolute Gasteiger partial charge is 0.461 e. The number of carbonyl (C=O) groups is 2. The van der Waals surface area contributed by atoms with Crippen LogP contribution < -0.4 is 0 Å². The van der Waals surface area contributed by atoms with Crippen LogP contribution in [-0.2, 0) is 14.3 Å². The maximum Gasteiger partial charge on any atom is 0.309 e. The molecule has 2 fully saturated rings. The van der Waals surface area contributed by atoms with Crippen LogP contribution >= 0.6 is 15.9 Å². The maximum absolute atomic E-state index is 12.2. The second-order valence-electron chi connectivity index (χ2n) is 6.57. The second-order valence-corrected chi connectivity index (χ2v) is 7.42. The van der Waals surface area contributed by atoms with E-state index < -0.39 is 0 Å². The van der Waals surface area contributed by atoms with Crippen LogP contribution in [0.15, 0.2) is 10.6 Å². The fourth-order valence-corrected chi connectivity index (χ4v) is 5.21. The highest BCUT2D eigenvalue weighted by Gasteiger charge is 2.58. The first-order chi connectivity index (χ1) is 8.85. The van der Waals surface area contributed by atoms with Crippen molar-refractivity contribution in [3.63, 3.8) is 0 Å². The molecule has 1 heterocycles. The first-order valence-electron chi connectivity index (χ1n) is 6.98. The van der Waals surface area contributed by atoms with E-state index in [1.165, 1.54) is 0 Å². The van der Waals surface area contributed by atoms with E-state index >= 15 is 0 Å². The number of allylic oxidation sites excluding steroid dienone is 2. The Morgan fingerprint density at radius 2 is 2.00 bits per heavy atom. The molecule has 0 aromatic heterocycles. The van der Waals surface area contributed by atoms with Crippen LogP contribution in [0.1, 0.15) is 33.6 Å². The lowest BCUT2D eigenvalue weighted by molar-refractivity contribution is -0.151. The molecule has 0 aromatic rings. The zero-order chi connectivity index (χ0) is 13.9. The number of esters is 1. The number of halogens is 1. The van der Waals surface area contributed by atoms with Gasteiger partial charge in [-0.1, -0.05) is 26.8 Å². The van der Waals surface area contributed by atoms with Crippen molar-refractivity contribution in [3.05, 3.63) is 10.6 Å². The highest BCUT2D eigenvalue weighted by molar-refractivity contribution is 9.12. The summed E-state index contributed by atoms with van der Waals surface area (Å²) in [5.41, 5.74) is -0.0440. The molecule has 0 unspecified atom stereocenters. The summed E-state index contributed by atoms with van der Waals surface area (Å²) >= 11 is 3.39. The summed E-state index contributed by atoms with van der Waals surface area (Å²) in [6.07, 6.45) is 3.99. The molecule has 6 atom stereocenters. The summed E-state index contributed by atoms with van der Waals surface area (Å²) in [6, 6.07) is 0. The molecule has 3 nitrogen and oxygen atoms in total. The quantitative estimate of drug-likeness (QED) is 0.642. The Labute approximate surface area is 121 Å². The van der Waals surface area contributed by atoms with Gasteiger partial charge in [-0.3, -0.25) is 9.59 Å². The van der Waals surface area contributed by atoms with Gasteiger partial charge in [0.05, 0.1) is 10.4 Å². The van der Waals surface area contributed by atoms with Crippen molar-refractivity contribution in [2.24, 2.45) is 29.1 Å². The third kappa shape index (κ3) is 1.75. The molecule has 104 valence electrons. The predicted molar refractivity (Wildman–Crippen MR) is 74.5 cm³/mol. The van der Waals surface area contributed by atoms with Gasteiger partial charge < -0.3 is 4.74 Å². The summed E-state index contributed by atoms with van der Waals surface area (Å²) in [6.45, 7) is 6.12. The molecule has 4 heteroatoms. The zero-order valence-electron chi connectivity index (χ0n) is 11.5. The average Bonchev–Trinajstić information content (AvgIpc) is 2.61. The highest BCUT2D eigenvalue weighted by atomic mass is 79.9. The van der Waals surface area contributed by atoms with E-state index in [1.807, 2.05) is 19.9 Å². The SMILES string of the molecule is C[C@@H]1C(=O)O[C@@H]2[C@H]1CC[C@@]1(C)C=C(Br)C(=O)[C@@H](C)[C@H]21. The molecule has 2 aliphatic carbocycles. The van der Waals surface area contributed by atoms with E-state index in [0.29, 0.717) is 4.48 Å². The van der Waals surface area contributed by atoms with Crippen LogP contribution in [0.5, 0.6) is 0 Å². The number of ketones is 1. The van der Waals surface area contributed by atoms with Gasteiger partial charge in [0.1, 0.15) is 6.10 Å². The Morgan fingerprint density at radius 1 is 1.32 bits per heavy atom. The van der Waals surface area contributed by atoms with Gasteiger partial charge in [0, 0.05) is 17.8 Å². The molecule has 0 N–H and O–H groups in total. The Balaban J connectivity index is 2.03. The number of hydrogen-bond acceptors (Lipinski definition) is 3. The number of carbonyl (C=O) groups excluding carboxylic acids is 2. The van der Waals surface area contributed by atoms with Crippen LogP contribution in [0.2, 0.25) is 0 Å².